The Bertz CT molecular complexity index is 1970. The zero-order valence-electron chi connectivity index (χ0n) is 22.4. The van der Waals surface area contributed by atoms with Crippen molar-refractivity contribution in [3.8, 4) is 0 Å². The zero-order valence-corrected chi connectivity index (χ0v) is 23.2. The first-order valence-corrected chi connectivity index (χ1v) is 13.9. The highest BCUT2D eigenvalue weighted by atomic mass is 32.1. The molecule has 0 radical (unpaired) electrons. The van der Waals surface area contributed by atoms with Crippen molar-refractivity contribution in [2.24, 2.45) is 7.05 Å². The second-order valence-corrected chi connectivity index (χ2v) is 11.6. The van der Waals surface area contributed by atoms with E-state index in [-0.39, 0.29) is 5.41 Å². The zero-order chi connectivity index (χ0) is 26.2. The summed E-state index contributed by atoms with van der Waals surface area (Å²) in [5.74, 6) is 0. The number of anilines is 1. The summed E-state index contributed by atoms with van der Waals surface area (Å²) in [6, 6.07) is 21.4. The molecule has 0 N–H and O–H groups in total. The lowest BCUT2D eigenvalue weighted by Gasteiger charge is -2.23. The predicted molar refractivity (Wildman–Crippen MR) is 160 cm³/mol. The molecule has 188 valence electrons. The number of thiazole rings is 1. The van der Waals surface area contributed by atoms with Crippen molar-refractivity contribution in [2.45, 2.75) is 32.7 Å². The smallest absolute Gasteiger partial charge is 0.262 e. The number of fused-ring (bicyclic) bond motifs is 7. The van der Waals surface area contributed by atoms with Crippen LogP contribution in [-0.4, -0.2) is 21.6 Å². The van der Waals surface area contributed by atoms with Gasteiger partial charge in [-0.1, -0.05) is 67.7 Å². The van der Waals surface area contributed by atoms with Gasteiger partial charge in [0.1, 0.15) is 16.8 Å². The number of rotatable bonds is 3. The molecule has 3 aromatic heterocycles. The van der Waals surface area contributed by atoms with E-state index < -0.39 is 0 Å². The number of hydrogen-bond donors (Lipinski definition) is 0. The Hall–Kier alpha value is -4.03. The van der Waals surface area contributed by atoms with Crippen molar-refractivity contribution in [1.29, 1.82) is 0 Å². The van der Waals surface area contributed by atoms with E-state index in [1.54, 1.807) is 0 Å². The van der Waals surface area contributed by atoms with Crippen LogP contribution in [0.25, 0.3) is 49.4 Å². The summed E-state index contributed by atoms with van der Waals surface area (Å²) >= 11 is 1.81. The summed E-state index contributed by atoms with van der Waals surface area (Å²) < 4.78 is 5.76. The number of aryl methyl sites for hydroxylation is 2. The molecule has 6 aromatic rings. The summed E-state index contributed by atoms with van der Waals surface area (Å²) in [6.45, 7) is 7.67. The first-order valence-electron chi connectivity index (χ1n) is 13.1. The van der Waals surface area contributed by atoms with Gasteiger partial charge in [0.25, 0.3) is 10.5 Å². The first-order chi connectivity index (χ1) is 18.4. The fraction of sp³-hybridized carbons (Fsp3) is 0.219. The van der Waals surface area contributed by atoms with E-state index in [0.717, 1.165) is 45.2 Å². The number of para-hydroxylation sites is 2. The van der Waals surface area contributed by atoms with E-state index in [2.05, 4.69) is 128 Å². The number of allylic oxidation sites excluding steroid dienone is 3. The largest absolute Gasteiger partial charge is 0.347 e. The van der Waals surface area contributed by atoms with Gasteiger partial charge in [-0.15, -0.1) is 0 Å². The third-order valence-electron chi connectivity index (χ3n) is 8.09. The fourth-order valence-corrected chi connectivity index (χ4v) is 7.30. The number of benzene rings is 3. The molecule has 4 heterocycles. The highest BCUT2D eigenvalue weighted by Gasteiger charge is 2.37. The molecule has 3 aromatic carbocycles. The second kappa shape index (κ2) is 8.23. The van der Waals surface area contributed by atoms with Gasteiger partial charge in [-0.2, -0.15) is 4.57 Å². The molecule has 7 rings (SSSR count). The van der Waals surface area contributed by atoms with Crippen molar-refractivity contribution in [3.05, 3.63) is 89.1 Å². The van der Waals surface area contributed by atoms with Crippen LogP contribution in [-0.2, 0) is 19.0 Å². The van der Waals surface area contributed by atoms with Crippen LogP contribution in [0, 0.1) is 0 Å². The molecule has 0 aliphatic carbocycles. The molecule has 0 saturated heterocycles. The summed E-state index contributed by atoms with van der Waals surface area (Å²) in [6.07, 6.45) is 6.70. The molecule has 38 heavy (non-hydrogen) atoms. The monoisotopic (exact) mass is 516 g/mol. The van der Waals surface area contributed by atoms with Crippen LogP contribution >= 0.6 is 11.3 Å². The van der Waals surface area contributed by atoms with Crippen molar-refractivity contribution in [1.82, 2.24) is 14.5 Å². The first kappa shape index (κ1) is 23.1. The van der Waals surface area contributed by atoms with Crippen molar-refractivity contribution < 1.29 is 4.57 Å². The summed E-state index contributed by atoms with van der Waals surface area (Å²) in [4.78, 5) is 12.6. The van der Waals surface area contributed by atoms with Crippen LogP contribution in [0.1, 0.15) is 31.3 Å². The van der Waals surface area contributed by atoms with Gasteiger partial charge in [-0.05, 0) is 42.8 Å². The minimum absolute atomic E-state index is 0.0354. The molecule has 5 nitrogen and oxygen atoms in total. The minimum Gasteiger partial charge on any atom is -0.347 e. The van der Waals surface area contributed by atoms with Gasteiger partial charge in [-0.25, -0.2) is 9.97 Å². The van der Waals surface area contributed by atoms with Gasteiger partial charge in [-0.3, -0.25) is 0 Å². The molecule has 0 spiro atoms. The SMILES string of the molecule is CC[n+]1c(/C=C/C=C2\N(C)c3ccccc3C2(C)C)sc2ccc3nc4c5ccccc5n(C)c4nc3c21. The lowest BCUT2D eigenvalue weighted by molar-refractivity contribution is -0.664. The van der Waals surface area contributed by atoms with Crippen LogP contribution in [0.15, 0.2) is 78.5 Å². The van der Waals surface area contributed by atoms with E-state index in [0.29, 0.717) is 0 Å². The van der Waals surface area contributed by atoms with E-state index in [1.165, 1.54) is 26.7 Å². The summed E-state index contributed by atoms with van der Waals surface area (Å²) in [5, 5.41) is 2.36. The van der Waals surface area contributed by atoms with Crippen LogP contribution in [0.5, 0.6) is 0 Å². The number of aromatic nitrogens is 4. The fourth-order valence-electron chi connectivity index (χ4n) is 6.16. The Labute approximate surface area is 226 Å². The molecular weight excluding hydrogens is 486 g/mol. The van der Waals surface area contributed by atoms with Gasteiger partial charge >= 0.3 is 0 Å². The standard InChI is InChI=1S/C32H30N5S/c1-6-37-27(17-11-16-26-32(2,3)21-13-8-10-15-24(21)35(26)4)38-25-19-18-22-29(30(25)37)34-31-28(33-22)20-12-7-9-14-23(20)36(31)5/h7-19H,6H2,1-5H3/q+1. The van der Waals surface area contributed by atoms with Crippen LogP contribution in [0.3, 0.4) is 0 Å². The molecular formula is C32H30N5S+. The van der Waals surface area contributed by atoms with Crippen LogP contribution in [0.4, 0.5) is 5.69 Å². The van der Waals surface area contributed by atoms with Crippen molar-refractivity contribution in [2.75, 3.05) is 11.9 Å². The molecule has 0 unspecified atom stereocenters. The Kier molecular flexibility index (Phi) is 5.01. The maximum absolute atomic E-state index is 5.20. The lowest BCUT2D eigenvalue weighted by Crippen LogP contribution is -2.33. The number of hydrogen-bond acceptors (Lipinski definition) is 4. The third-order valence-corrected chi connectivity index (χ3v) is 9.21. The summed E-state index contributed by atoms with van der Waals surface area (Å²) in [5.41, 5.74) is 10.0. The highest BCUT2D eigenvalue weighted by molar-refractivity contribution is 7.19. The maximum Gasteiger partial charge on any atom is 0.262 e. The second-order valence-electron chi connectivity index (χ2n) is 10.5. The molecule has 0 bridgehead atoms. The molecule has 0 amide bonds. The molecule has 0 saturated carbocycles. The average Bonchev–Trinajstić information content (AvgIpc) is 3.50. The van der Waals surface area contributed by atoms with E-state index in [4.69, 9.17) is 9.97 Å². The van der Waals surface area contributed by atoms with E-state index in [9.17, 15) is 0 Å². The quantitative estimate of drug-likeness (QED) is 0.235. The van der Waals surface area contributed by atoms with Gasteiger partial charge < -0.3 is 9.47 Å². The third kappa shape index (κ3) is 3.13. The number of likely N-dealkylation sites (N-methyl/N-ethyl adjacent to an activating group) is 1. The molecule has 6 heteroatoms. The molecule has 1 aliphatic heterocycles. The Morgan fingerprint density at radius 3 is 2.55 bits per heavy atom. The topological polar surface area (TPSA) is 37.8 Å². The Morgan fingerprint density at radius 2 is 1.74 bits per heavy atom. The van der Waals surface area contributed by atoms with Crippen molar-refractivity contribution in [3.63, 3.8) is 0 Å². The lowest BCUT2D eigenvalue weighted by atomic mass is 9.84. The number of nitrogens with zero attached hydrogens (tertiary/aromatic N) is 5. The summed E-state index contributed by atoms with van der Waals surface area (Å²) in [7, 11) is 4.24. The van der Waals surface area contributed by atoms with Crippen LogP contribution < -0.4 is 9.47 Å². The molecule has 0 atom stereocenters. The van der Waals surface area contributed by atoms with Crippen molar-refractivity contribution >= 4 is 66.4 Å². The predicted octanol–water partition coefficient (Wildman–Crippen LogP) is 7.12. The molecule has 0 fully saturated rings. The Morgan fingerprint density at radius 1 is 0.947 bits per heavy atom. The van der Waals surface area contributed by atoms with Gasteiger partial charge in [0.2, 0.25) is 0 Å². The van der Waals surface area contributed by atoms with Gasteiger partial charge in [0, 0.05) is 42.4 Å². The maximum atomic E-state index is 5.20. The minimum atomic E-state index is -0.0354. The normalized spacial score (nSPS) is 16.2. The highest BCUT2D eigenvalue weighted by Crippen LogP contribution is 2.46. The average molecular weight is 517 g/mol. The van der Waals surface area contributed by atoms with E-state index in [1.807, 2.05) is 11.3 Å². The Balaban J connectivity index is 1.37. The molecule has 1 aliphatic rings. The van der Waals surface area contributed by atoms with E-state index >= 15 is 0 Å². The van der Waals surface area contributed by atoms with Gasteiger partial charge in [0.05, 0.1) is 11.0 Å². The van der Waals surface area contributed by atoms with Gasteiger partial charge in [0.15, 0.2) is 11.2 Å². The van der Waals surface area contributed by atoms with Crippen LogP contribution in [0.2, 0.25) is 0 Å².